The van der Waals surface area contributed by atoms with Crippen LogP contribution in [0.5, 0.6) is 0 Å². The molecule has 0 unspecified atom stereocenters. The number of hydrogen-bond donors (Lipinski definition) is 1. The molecule has 3 aromatic rings. The van der Waals surface area contributed by atoms with Crippen molar-refractivity contribution in [2.45, 2.75) is 0 Å². The molecule has 1 aromatic carbocycles. The Hall–Kier alpha value is -2.76. The van der Waals surface area contributed by atoms with Crippen LogP contribution in [-0.4, -0.2) is 25.6 Å². The summed E-state index contributed by atoms with van der Waals surface area (Å²) in [6.07, 6.45) is 2.85. The fourth-order valence-corrected chi connectivity index (χ4v) is 2.09. The van der Waals surface area contributed by atoms with Gasteiger partial charge in [-0.3, -0.25) is 4.98 Å². The predicted molar refractivity (Wildman–Crippen MR) is 70.9 cm³/mol. The number of carbonyl (C=O) groups is 1. The topological polar surface area (TPSA) is 68.0 Å². The Morgan fingerprint density at radius 1 is 1.25 bits per heavy atom. The molecule has 0 aliphatic heterocycles. The minimum Gasteiger partial charge on any atom is -0.477 e. The van der Waals surface area contributed by atoms with Gasteiger partial charge in [0.1, 0.15) is 17.3 Å². The molecule has 6 heteroatoms. The molecule has 2 heterocycles. The van der Waals surface area contributed by atoms with E-state index in [-0.39, 0.29) is 11.5 Å². The maximum Gasteiger partial charge on any atom is 0.354 e. The lowest BCUT2D eigenvalue weighted by atomic mass is 10.1. The summed E-state index contributed by atoms with van der Waals surface area (Å²) in [6, 6.07) is 6.13. The summed E-state index contributed by atoms with van der Waals surface area (Å²) in [5, 5.41) is 9.78. The van der Waals surface area contributed by atoms with Crippen molar-refractivity contribution in [1.82, 2.24) is 14.5 Å². The fourth-order valence-electron chi connectivity index (χ4n) is 2.09. The first-order valence-corrected chi connectivity index (χ1v) is 5.87. The molecule has 0 aliphatic rings. The molecule has 0 fully saturated rings. The Kier molecular flexibility index (Phi) is 2.71. The van der Waals surface area contributed by atoms with E-state index in [0.29, 0.717) is 16.9 Å². The average molecular weight is 271 g/mol. The van der Waals surface area contributed by atoms with Crippen LogP contribution in [0, 0.1) is 5.82 Å². The Balaban J connectivity index is 2.15. The van der Waals surface area contributed by atoms with Crippen LogP contribution < -0.4 is 0 Å². The summed E-state index contributed by atoms with van der Waals surface area (Å²) < 4.78 is 14.6. The highest BCUT2D eigenvalue weighted by molar-refractivity contribution is 5.87. The third-order valence-corrected chi connectivity index (χ3v) is 3.11. The van der Waals surface area contributed by atoms with Gasteiger partial charge in [-0.05, 0) is 18.2 Å². The molecule has 0 saturated heterocycles. The van der Waals surface area contributed by atoms with E-state index >= 15 is 0 Å². The van der Waals surface area contributed by atoms with Gasteiger partial charge < -0.3 is 9.67 Å². The lowest BCUT2D eigenvalue weighted by Gasteiger charge is -2.05. The van der Waals surface area contributed by atoms with E-state index in [1.807, 2.05) is 0 Å². The number of halogens is 1. The van der Waals surface area contributed by atoms with Crippen molar-refractivity contribution in [2.24, 2.45) is 7.05 Å². The zero-order valence-corrected chi connectivity index (χ0v) is 10.5. The zero-order valence-electron chi connectivity index (χ0n) is 10.5. The standard InChI is InChI=1S/C14H10FN3O2/c1-18-12(14(19)20)7-17-13(18)9-4-8-2-3-10(15)5-11(8)16-6-9/h2-7H,1H3,(H,19,20). The molecule has 20 heavy (non-hydrogen) atoms. The number of hydrogen-bond acceptors (Lipinski definition) is 3. The van der Waals surface area contributed by atoms with Crippen molar-refractivity contribution in [3.8, 4) is 11.4 Å². The van der Waals surface area contributed by atoms with E-state index < -0.39 is 5.97 Å². The summed E-state index contributed by atoms with van der Waals surface area (Å²) in [6.45, 7) is 0. The Labute approximate surface area is 113 Å². The van der Waals surface area contributed by atoms with E-state index in [4.69, 9.17) is 5.11 Å². The molecule has 3 rings (SSSR count). The highest BCUT2D eigenvalue weighted by atomic mass is 19.1. The zero-order chi connectivity index (χ0) is 14.3. The van der Waals surface area contributed by atoms with E-state index in [1.165, 1.54) is 22.9 Å². The number of carboxylic acid groups (broad SMARTS) is 1. The SMILES string of the molecule is Cn1c(C(=O)O)cnc1-c1cnc2cc(F)ccc2c1. The van der Waals surface area contributed by atoms with Gasteiger partial charge >= 0.3 is 5.97 Å². The molecule has 2 aromatic heterocycles. The molecular weight excluding hydrogens is 261 g/mol. The van der Waals surface area contributed by atoms with Crippen molar-refractivity contribution in [2.75, 3.05) is 0 Å². The average Bonchev–Trinajstić information content (AvgIpc) is 2.80. The molecular formula is C14H10FN3O2. The van der Waals surface area contributed by atoms with Gasteiger partial charge in [-0.25, -0.2) is 14.2 Å². The van der Waals surface area contributed by atoms with Gasteiger partial charge in [-0.1, -0.05) is 0 Å². The van der Waals surface area contributed by atoms with Crippen LogP contribution in [0.2, 0.25) is 0 Å². The maximum atomic E-state index is 13.1. The minimum atomic E-state index is -1.04. The molecule has 0 radical (unpaired) electrons. The summed E-state index contributed by atoms with van der Waals surface area (Å²) in [7, 11) is 1.63. The van der Waals surface area contributed by atoms with Crippen LogP contribution >= 0.6 is 0 Å². The monoisotopic (exact) mass is 271 g/mol. The van der Waals surface area contributed by atoms with Gasteiger partial charge in [-0.15, -0.1) is 0 Å². The predicted octanol–water partition coefficient (Wildman–Crippen LogP) is 2.47. The molecule has 5 nitrogen and oxygen atoms in total. The number of imidazole rings is 1. The maximum absolute atomic E-state index is 13.1. The Morgan fingerprint density at radius 3 is 2.75 bits per heavy atom. The van der Waals surface area contributed by atoms with E-state index in [0.717, 1.165) is 5.39 Å². The normalized spacial score (nSPS) is 10.9. The number of rotatable bonds is 2. The molecule has 0 spiro atoms. The lowest BCUT2D eigenvalue weighted by molar-refractivity contribution is 0.0686. The van der Waals surface area contributed by atoms with Crippen LogP contribution in [0.4, 0.5) is 4.39 Å². The number of aromatic carboxylic acids is 1. The van der Waals surface area contributed by atoms with Crippen LogP contribution in [-0.2, 0) is 7.05 Å². The van der Waals surface area contributed by atoms with Gasteiger partial charge in [0.15, 0.2) is 0 Å². The largest absolute Gasteiger partial charge is 0.477 e. The van der Waals surface area contributed by atoms with E-state index in [9.17, 15) is 9.18 Å². The second-order valence-electron chi connectivity index (χ2n) is 4.39. The molecule has 1 N–H and O–H groups in total. The highest BCUT2D eigenvalue weighted by Gasteiger charge is 2.14. The molecule has 0 saturated carbocycles. The van der Waals surface area contributed by atoms with Crippen LogP contribution in [0.1, 0.15) is 10.5 Å². The summed E-state index contributed by atoms with van der Waals surface area (Å²) in [5.41, 5.74) is 1.32. The first-order chi connectivity index (χ1) is 9.56. The molecule has 0 atom stereocenters. The van der Waals surface area contributed by atoms with E-state index in [2.05, 4.69) is 9.97 Å². The quantitative estimate of drug-likeness (QED) is 0.777. The van der Waals surface area contributed by atoms with Crippen molar-refractivity contribution < 1.29 is 14.3 Å². The molecule has 0 amide bonds. The van der Waals surface area contributed by atoms with Gasteiger partial charge in [0.05, 0.1) is 11.7 Å². The van der Waals surface area contributed by atoms with Gasteiger partial charge in [0.2, 0.25) is 0 Å². The van der Waals surface area contributed by atoms with Gasteiger partial charge in [0.25, 0.3) is 0 Å². The third kappa shape index (κ3) is 1.91. The molecule has 0 aliphatic carbocycles. The van der Waals surface area contributed by atoms with Crippen LogP contribution in [0.15, 0.2) is 36.7 Å². The number of carboxylic acids is 1. The Bertz CT molecular complexity index is 826. The van der Waals surface area contributed by atoms with Crippen molar-refractivity contribution >= 4 is 16.9 Å². The Morgan fingerprint density at radius 2 is 2.05 bits per heavy atom. The first-order valence-electron chi connectivity index (χ1n) is 5.87. The second-order valence-corrected chi connectivity index (χ2v) is 4.39. The highest BCUT2D eigenvalue weighted by Crippen LogP contribution is 2.22. The smallest absolute Gasteiger partial charge is 0.354 e. The first kappa shape index (κ1) is 12.3. The van der Waals surface area contributed by atoms with Gasteiger partial charge in [-0.2, -0.15) is 0 Å². The van der Waals surface area contributed by atoms with E-state index in [1.54, 1.807) is 25.4 Å². The van der Waals surface area contributed by atoms with Crippen LogP contribution in [0.3, 0.4) is 0 Å². The van der Waals surface area contributed by atoms with Crippen molar-refractivity contribution in [3.05, 3.63) is 48.2 Å². The number of aromatic nitrogens is 3. The number of pyridine rings is 1. The van der Waals surface area contributed by atoms with Crippen molar-refractivity contribution in [1.29, 1.82) is 0 Å². The molecule has 100 valence electrons. The van der Waals surface area contributed by atoms with Gasteiger partial charge in [0, 0.05) is 30.3 Å². The number of nitrogens with zero attached hydrogens (tertiary/aromatic N) is 3. The number of fused-ring (bicyclic) bond motifs is 1. The summed E-state index contributed by atoms with van der Waals surface area (Å²) >= 11 is 0. The summed E-state index contributed by atoms with van der Waals surface area (Å²) in [4.78, 5) is 19.3. The third-order valence-electron chi connectivity index (χ3n) is 3.11. The fraction of sp³-hybridized carbons (Fsp3) is 0.0714. The lowest BCUT2D eigenvalue weighted by Crippen LogP contribution is -2.05. The summed E-state index contributed by atoms with van der Waals surface area (Å²) in [5.74, 6) is -0.883. The number of benzene rings is 1. The minimum absolute atomic E-state index is 0.0965. The van der Waals surface area contributed by atoms with Crippen molar-refractivity contribution in [3.63, 3.8) is 0 Å². The van der Waals surface area contributed by atoms with Crippen LogP contribution in [0.25, 0.3) is 22.3 Å². The second kappa shape index (κ2) is 4.41. The molecule has 0 bridgehead atoms.